The Hall–Kier alpha value is -1.75. The van der Waals surface area contributed by atoms with E-state index in [2.05, 4.69) is 10.0 Å². The Bertz CT molecular complexity index is 1010. The SMILES string of the molecule is O=C(NS(=O)(=O)N1CCC(O[C@H]2CCNC2)CC1)c1cc(C2CC2)c(OCC2CCCC2)cc1F. The first-order chi connectivity index (χ1) is 16.9. The highest BCUT2D eigenvalue weighted by atomic mass is 32.2. The maximum absolute atomic E-state index is 15.0. The van der Waals surface area contributed by atoms with Crippen LogP contribution in [0.1, 0.15) is 79.6 Å². The molecule has 5 rings (SSSR count). The van der Waals surface area contributed by atoms with Crippen molar-refractivity contribution in [3.63, 3.8) is 0 Å². The maximum Gasteiger partial charge on any atom is 0.304 e. The lowest BCUT2D eigenvalue weighted by Gasteiger charge is -2.32. The fourth-order valence-electron chi connectivity index (χ4n) is 5.43. The number of hydrogen-bond donors (Lipinski definition) is 2. The van der Waals surface area contributed by atoms with Gasteiger partial charge in [0.15, 0.2) is 0 Å². The quantitative estimate of drug-likeness (QED) is 0.531. The fourth-order valence-corrected chi connectivity index (χ4v) is 6.60. The van der Waals surface area contributed by atoms with E-state index >= 15 is 0 Å². The molecule has 10 heteroatoms. The second-order valence-electron chi connectivity index (χ2n) is 10.4. The van der Waals surface area contributed by atoms with Crippen molar-refractivity contribution in [2.24, 2.45) is 5.92 Å². The van der Waals surface area contributed by atoms with Gasteiger partial charge in [0, 0.05) is 25.7 Å². The summed E-state index contributed by atoms with van der Waals surface area (Å²) in [6.45, 7) is 2.84. The van der Waals surface area contributed by atoms with Crippen LogP contribution >= 0.6 is 0 Å². The van der Waals surface area contributed by atoms with Crippen LogP contribution in [0.4, 0.5) is 4.39 Å². The van der Waals surface area contributed by atoms with Crippen LogP contribution in [0.25, 0.3) is 0 Å². The molecule has 8 nitrogen and oxygen atoms in total. The summed E-state index contributed by atoms with van der Waals surface area (Å²) in [5.74, 6) is -0.507. The Balaban J connectivity index is 1.21. The highest BCUT2D eigenvalue weighted by Gasteiger charge is 2.34. The molecule has 2 N–H and O–H groups in total. The van der Waals surface area contributed by atoms with Crippen LogP contribution in [-0.4, -0.2) is 63.6 Å². The summed E-state index contributed by atoms with van der Waals surface area (Å²) in [6, 6.07) is 2.74. The third-order valence-electron chi connectivity index (χ3n) is 7.67. The zero-order valence-electron chi connectivity index (χ0n) is 20.1. The van der Waals surface area contributed by atoms with E-state index in [-0.39, 0.29) is 36.8 Å². The van der Waals surface area contributed by atoms with Crippen molar-refractivity contribution in [1.82, 2.24) is 14.3 Å². The number of ether oxygens (including phenoxy) is 2. The summed E-state index contributed by atoms with van der Waals surface area (Å²) in [4.78, 5) is 12.9. The van der Waals surface area contributed by atoms with Crippen LogP contribution in [0.3, 0.4) is 0 Å². The number of carbonyl (C=O) groups excluding carboxylic acids is 1. The van der Waals surface area contributed by atoms with Gasteiger partial charge in [-0.15, -0.1) is 0 Å². The highest BCUT2D eigenvalue weighted by molar-refractivity contribution is 7.87. The van der Waals surface area contributed by atoms with E-state index in [1.54, 1.807) is 0 Å². The van der Waals surface area contributed by atoms with Gasteiger partial charge in [-0.25, -0.2) is 9.11 Å². The molecule has 0 bridgehead atoms. The molecule has 4 fully saturated rings. The van der Waals surface area contributed by atoms with Crippen LogP contribution in [0.2, 0.25) is 0 Å². The number of benzene rings is 1. The number of rotatable bonds is 9. The third kappa shape index (κ3) is 6.15. The first-order valence-electron chi connectivity index (χ1n) is 13.0. The van der Waals surface area contributed by atoms with Gasteiger partial charge in [0.2, 0.25) is 0 Å². The normalized spacial score (nSPS) is 24.7. The van der Waals surface area contributed by atoms with Gasteiger partial charge in [-0.1, -0.05) is 12.8 Å². The zero-order valence-corrected chi connectivity index (χ0v) is 21.0. The maximum atomic E-state index is 15.0. The van der Waals surface area contributed by atoms with Crippen molar-refractivity contribution in [2.45, 2.75) is 75.9 Å². The van der Waals surface area contributed by atoms with E-state index in [0.717, 1.165) is 50.8 Å². The molecule has 1 aromatic rings. The fraction of sp³-hybridized carbons (Fsp3) is 0.720. The number of carbonyl (C=O) groups is 1. The molecule has 194 valence electrons. The summed E-state index contributed by atoms with van der Waals surface area (Å²) in [5, 5.41) is 3.26. The predicted molar refractivity (Wildman–Crippen MR) is 129 cm³/mol. The monoisotopic (exact) mass is 509 g/mol. The Morgan fingerprint density at radius 1 is 1.06 bits per heavy atom. The van der Waals surface area contributed by atoms with Gasteiger partial charge in [-0.3, -0.25) is 4.79 Å². The van der Waals surface area contributed by atoms with E-state index in [0.29, 0.717) is 31.1 Å². The van der Waals surface area contributed by atoms with Crippen LogP contribution in [0, 0.1) is 11.7 Å². The average Bonchev–Trinajstić information content (AvgIpc) is 3.29. The van der Waals surface area contributed by atoms with Gasteiger partial charge in [-0.05, 0) is 75.0 Å². The molecule has 0 spiro atoms. The lowest BCUT2D eigenvalue weighted by molar-refractivity contribution is -0.0244. The molecule has 0 unspecified atom stereocenters. The Kier molecular flexibility index (Phi) is 7.62. The van der Waals surface area contributed by atoms with Crippen LogP contribution < -0.4 is 14.8 Å². The van der Waals surface area contributed by atoms with Gasteiger partial charge >= 0.3 is 10.2 Å². The molecular formula is C25H36FN3O5S. The minimum Gasteiger partial charge on any atom is -0.493 e. The predicted octanol–water partition coefficient (Wildman–Crippen LogP) is 3.09. The summed E-state index contributed by atoms with van der Waals surface area (Å²) in [6.07, 6.45) is 8.86. The number of piperidine rings is 1. The van der Waals surface area contributed by atoms with Gasteiger partial charge in [0.05, 0.1) is 24.4 Å². The molecular weight excluding hydrogens is 473 g/mol. The highest BCUT2D eigenvalue weighted by Crippen LogP contribution is 2.45. The van der Waals surface area contributed by atoms with Crippen molar-refractivity contribution in [2.75, 3.05) is 32.8 Å². The van der Waals surface area contributed by atoms with Crippen molar-refractivity contribution >= 4 is 16.1 Å². The molecule has 2 heterocycles. The van der Waals surface area contributed by atoms with Crippen LogP contribution in [0.15, 0.2) is 12.1 Å². The molecule has 1 amide bonds. The summed E-state index contributed by atoms with van der Waals surface area (Å²) < 4.78 is 56.1. The van der Waals surface area contributed by atoms with Gasteiger partial charge < -0.3 is 14.8 Å². The number of halogens is 1. The number of hydrogen-bond acceptors (Lipinski definition) is 6. The molecule has 2 aliphatic heterocycles. The van der Waals surface area contributed by atoms with E-state index in [1.165, 1.54) is 29.3 Å². The topological polar surface area (TPSA) is 97.0 Å². The standard InChI is InChI=1S/C25H36FN3O5S/c26-23-14-24(33-16-17-3-1-2-4-17)21(18-5-6-18)13-22(23)25(30)28-35(31,32)29-11-8-19(9-12-29)34-20-7-10-27-15-20/h13-14,17-20,27H,1-12,15-16H2,(H,28,30)/t20-/m0/s1. The van der Waals surface area contributed by atoms with Gasteiger partial charge in [0.25, 0.3) is 5.91 Å². The lowest BCUT2D eigenvalue weighted by Crippen LogP contribution is -2.48. The molecule has 0 aromatic heterocycles. The zero-order chi connectivity index (χ0) is 24.4. The number of nitrogens with zero attached hydrogens (tertiary/aromatic N) is 1. The Morgan fingerprint density at radius 2 is 1.80 bits per heavy atom. The van der Waals surface area contributed by atoms with Crippen molar-refractivity contribution in [3.05, 3.63) is 29.1 Å². The molecule has 1 aromatic carbocycles. The van der Waals surface area contributed by atoms with Crippen molar-refractivity contribution < 1.29 is 27.1 Å². The summed E-state index contributed by atoms with van der Waals surface area (Å²) >= 11 is 0. The third-order valence-corrected chi connectivity index (χ3v) is 9.16. The van der Waals surface area contributed by atoms with Gasteiger partial charge in [0.1, 0.15) is 11.6 Å². The minimum absolute atomic E-state index is 0.0115. The lowest BCUT2D eigenvalue weighted by atomic mass is 10.0. The molecule has 4 aliphatic rings. The first kappa shape index (κ1) is 24.9. The van der Waals surface area contributed by atoms with E-state index in [9.17, 15) is 17.6 Å². The van der Waals surface area contributed by atoms with E-state index in [1.807, 2.05) is 0 Å². The van der Waals surface area contributed by atoms with Crippen LogP contribution in [0.5, 0.6) is 5.75 Å². The van der Waals surface area contributed by atoms with Crippen molar-refractivity contribution in [3.8, 4) is 5.75 Å². The molecule has 2 aliphatic carbocycles. The number of nitrogens with one attached hydrogen (secondary N) is 2. The second-order valence-corrected chi connectivity index (χ2v) is 12.1. The summed E-state index contributed by atoms with van der Waals surface area (Å²) in [7, 11) is -4.08. The number of amides is 1. The Morgan fingerprint density at radius 3 is 2.46 bits per heavy atom. The summed E-state index contributed by atoms with van der Waals surface area (Å²) in [5.41, 5.74) is 0.543. The molecule has 2 saturated heterocycles. The average molecular weight is 510 g/mol. The molecule has 0 radical (unpaired) electrons. The van der Waals surface area contributed by atoms with Gasteiger partial charge in [-0.2, -0.15) is 12.7 Å². The van der Waals surface area contributed by atoms with Crippen molar-refractivity contribution in [1.29, 1.82) is 0 Å². The minimum atomic E-state index is -4.08. The van der Waals surface area contributed by atoms with E-state index in [4.69, 9.17) is 9.47 Å². The Labute approximate surface area is 207 Å². The largest absolute Gasteiger partial charge is 0.493 e. The first-order valence-corrected chi connectivity index (χ1v) is 14.5. The smallest absolute Gasteiger partial charge is 0.304 e. The molecule has 35 heavy (non-hydrogen) atoms. The molecule has 1 atom stereocenters. The molecule has 2 saturated carbocycles. The second kappa shape index (κ2) is 10.7. The van der Waals surface area contributed by atoms with E-state index < -0.39 is 21.9 Å². The van der Waals surface area contributed by atoms with Crippen LogP contribution in [-0.2, 0) is 14.9 Å².